The Morgan fingerprint density at radius 1 is 1.82 bits per heavy atom. The molecule has 0 aromatic rings. The third-order valence-electron chi connectivity index (χ3n) is 1.41. The summed E-state index contributed by atoms with van der Waals surface area (Å²) in [5.74, 6) is 0. The van der Waals surface area contributed by atoms with Crippen molar-refractivity contribution in [2.75, 3.05) is 13.2 Å². The molecule has 62 valence electrons. The zero-order valence-electron chi connectivity index (χ0n) is 6.88. The molecule has 0 saturated carbocycles. The van der Waals surface area contributed by atoms with Gasteiger partial charge in [-0.15, -0.1) is 0 Å². The van der Waals surface area contributed by atoms with E-state index in [0.29, 0.717) is 6.10 Å². The molecule has 0 aromatic carbocycles. The van der Waals surface area contributed by atoms with Crippen LogP contribution in [0.2, 0.25) is 0 Å². The summed E-state index contributed by atoms with van der Waals surface area (Å²) in [5, 5.41) is 0. The van der Waals surface area contributed by atoms with E-state index in [9.17, 15) is 0 Å². The molecule has 0 aliphatic carbocycles. The molecular formula is C9H14O2. The highest BCUT2D eigenvalue weighted by molar-refractivity contribution is 5.08. The van der Waals surface area contributed by atoms with Gasteiger partial charge in [-0.1, -0.05) is 12.2 Å². The smallest absolute Gasteiger partial charge is 0.0898 e. The molecule has 1 rings (SSSR count). The first-order valence-electron chi connectivity index (χ1n) is 3.84. The van der Waals surface area contributed by atoms with Crippen LogP contribution in [0.15, 0.2) is 24.5 Å². The number of hydrogen-bond acceptors (Lipinski definition) is 2. The van der Waals surface area contributed by atoms with Crippen molar-refractivity contribution in [3.63, 3.8) is 0 Å². The first-order chi connectivity index (χ1) is 5.29. The van der Waals surface area contributed by atoms with Gasteiger partial charge in [-0.25, -0.2) is 0 Å². The van der Waals surface area contributed by atoms with E-state index in [2.05, 4.69) is 6.58 Å². The van der Waals surface area contributed by atoms with Crippen molar-refractivity contribution in [1.29, 1.82) is 0 Å². The van der Waals surface area contributed by atoms with Crippen LogP contribution >= 0.6 is 0 Å². The van der Waals surface area contributed by atoms with Crippen molar-refractivity contribution in [2.24, 2.45) is 0 Å². The summed E-state index contributed by atoms with van der Waals surface area (Å²) < 4.78 is 10.2. The molecule has 11 heavy (non-hydrogen) atoms. The molecule has 2 heteroatoms. The molecule has 1 atom stereocenters. The predicted octanol–water partition coefficient (Wildman–Crippen LogP) is 1.88. The SMILES string of the molecule is C=C(C)C=COCCC1CO1. The zero-order valence-corrected chi connectivity index (χ0v) is 6.88. The van der Waals surface area contributed by atoms with Gasteiger partial charge in [0.25, 0.3) is 0 Å². The normalized spacial score (nSPS) is 22.1. The second kappa shape index (κ2) is 4.19. The third kappa shape index (κ3) is 4.62. The van der Waals surface area contributed by atoms with Crippen molar-refractivity contribution >= 4 is 0 Å². The number of allylic oxidation sites excluding steroid dienone is 2. The van der Waals surface area contributed by atoms with Crippen LogP contribution in [0.25, 0.3) is 0 Å². The summed E-state index contributed by atoms with van der Waals surface area (Å²) in [6.07, 6.45) is 5.01. The number of rotatable bonds is 5. The predicted molar refractivity (Wildman–Crippen MR) is 44.3 cm³/mol. The number of epoxide rings is 1. The third-order valence-corrected chi connectivity index (χ3v) is 1.41. The Kier molecular flexibility index (Phi) is 3.17. The van der Waals surface area contributed by atoms with Gasteiger partial charge in [0.2, 0.25) is 0 Å². The van der Waals surface area contributed by atoms with Gasteiger partial charge in [0.15, 0.2) is 0 Å². The minimum atomic E-state index is 0.466. The molecule has 1 saturated heterocycles. The Hall–Kier alpha value is -0.760. The molecule has 1 heterocycles. The van der Waals surface area contributed by atoms with Crippen molar-refractivity contribution in [1.82, 2.24) is 0 Å². The van der Waals surface area contributed by atoms with Gasteiger partial charge in [-0.2, -0.15) is 0 Å². The van der Waals surface area contributed by atoms with Gasteiger partial charge in [-0.05, 0) is 13.0 Å². The molecule has 1 aliphatic rings. The quantitative estimate of drug-likeness (QED) is 0.261. The summed E-state index contributed by atoms with van der Waals surface area (Å²) in [5.41, 5.74) is 1.01. The molecule has 2 nitrogen and oxygen atoms in total. The lowest BCUT2D eigenvalue weighted by Gasteiger charge is -1.96. The fourth-order valence-electron chi connectivity index (χ4n) is 0.667. The van der Waals surface area contributed by atoms with Crippen LogP contribution in [-0.4, -0.2) is 19.3 Å². The van der Waals surface area contributed by atoms with Crippen LogP contribution in [0.5, 0.6) is 0 Å². The first kappa shape index (κ1) is 8.34. The Labute approximate surface area is 67.5 Å². The maximum Gasteiger partial charge on any atom is 0.0898 e. The van der Waals surface area contributed by atoms with Crippen molar-refractivity contribution in [3.8, 4) is 0 Å². The molecule has 1 unspecified atom stereocenters. The minimum Gasteiger partial charge on any atom is -0.501 e. The lowest BCUT2D eigenvalue weighted by Crippen LogP contribution is -1.92. The fraction of sp³-hybridized carbons (Fsp3) is 0.556. The van der Waals surface area contributed by atoms with Crippen LogP contribution in [0.1, 0.15) is 13.3 Å². The van der Waals surface area contributed by atoms with E-state index in [4.69, 9.17) is 9.47 Å². The van der Waals surface area contributed by atoms with Gasteiger partial charge < -0.3 is 9.47 Å². The monoisotopic (exact) mass is 154 g/mol. The Bertz CT molecular complexity index is 157. The Morgan fingerprint density at radius 2 is 2.55 bits per heavy atom. The van der Waals surface area contributed by atoms with E-state index in [0.717, 1.165) is 25.2 Å². The zero-order chi connectivity index (χ0) is 8.10. The molecule has 0 spiro atoms. The maximum atomic E-state index is 5.17. The molecule has 0 radical (unpaired) electrons. The Balaban J connectivity index is 1.90. The highest BCUT2D eigenvalue weighted by atomic mass is 16.6. The van der Waals surface area contributed by atoms with Crippen LogP contribution in [0.4, 0.5) is 0 Å². The van der Waals surface area contributed by atoms with Gasteiger partial charge >= 0.3 is 0 Å². The van der Waals surface area contributed by atoms with E-state index in [1.807, 2.05) is 13.0 Å². The van der Waals surface area contributed by atoms with Crippen LogP contribution in [0, 0.1) is 0 Å². The standard InChI is InChI=1S/C9H14O2/c1-8(2)3-5-10-6-4-9-7-11-9/h3,5,9H,1,4,6-7H2,2H3. The fourth-order valence-corrected chi connectivity index (χ4v) is 0.667. The average molecular weight is 154 g/mol. The van der Waals surface area contributed by atoms with Crippen LogP contribution in [0.3, 0.4) is 0 Å². The second-order valence-electron chi connectivity index (χ2n) is 2.76. The summed E-state index contributed by atoms with van der Waals surface area (Å²) in [4.78, 5) is 0. The molecule has 0 aromatic heterocycles. The summed E-state index contributed by atoms with van der Waals surface area (Å²) in [6, 6.07) is 0. The minimum absolute atomic E-state index is 0.466. The van der Waals surface area contributed by atoms with E-state index < -0.39 is 0 Å². The highest BCUT2D eigenvalue weighted by Crippen LogP contribution is 2.12. The first-order valence-corrected chi connectivity index (χ1v) is 3.84. The molecule has 0 bridgehead atoms. The Morgan fingerprint density at radius 3 is 3.09 bits per heavy atom. The topological polar surface area (TPSA) is 21.8 Å². The molecular weight excluding hydrogens is 140 g/mol. The van der Waals surface area contributed by atoms with E-state index in [1.165, 1.54) is 0 Å². The lowest BCUT2D eigenvalue weighted by molar-refractivity contribution is 0.228. The van der Waals surface area contributed by atoms with Gasteiger partial charge in [0.1, 0.15) is 0 Å². The van der Waals surface area contributed by atoms with Gasteiger partial charge in [0, 0.05) is 6.42 Å². The van der Waals surface area contributed by atoms with Crippen LogP contribution in [-0.2, 0) is 9.47 Å². The summed E-state index contributed by atoms with van der Waals surface area (Å²) in [6.45, 7) is 7.30. The lowest BCUT2D eigenvalue weighted by atomic mass is 10.3. The van der Waals surface area contributed by atoms with E-state index in [1.54, 1.807) is 6.26 Å². The molecule has 1 fully saturated rings. The molecule has 0 amide bonds. The molecule has 1 aliphatic heterocycles. The van der Waals surface area contributed by atoms with Gasteiger partial charge in [-0.3, -0.25) is 0 Å². The van der Waals surface area contributed by atoms with Gasteiger partial charge in [0.05, 0.1) is 25.6 Å². The maximum absolute atomic E-state index is 5.17. The largest absolute Gasteiger partial charge is 0.501 e. The van der Waals surface area contributed by atoms with Crippen molar-refractivity contribution < 1.29 is 9.47 Å². The van der Waals surface area contributed by atoms with Crippen LogP contribution < -0.4 is 0 Å². The summed E-state index contributed by atoms with van der Waals surface area (Å²) >= 11 is 0. The number of hydrogen-bond donors (Lipinski definition) is 0. The second-order valence-corrected chi connectivity index (χ2v) is 2.76. The van der Waals surface area contributed by atoms with E-state index >= 15 is 0 Å². The number of ether oxygens (including phenoxy) is 2. The van der Waals surface area contributed by atoms with E-state index in [-0.39, 0.29) is 0 Å². The molecule has 0 N–H and O–H groups in total. The average Bonchev–Trinajstić information content (AvgIpc) is 2.70. The van der Waals surface area contributed by atoms with Crippen molar-refractivity contribution in [3.05, 3.63) is 24.5 Å². The van der Waals surface area contributed by atoms with Crippen molar-refractivity contribution in [2.45, 2.75) is 19.4 Å². The highest BCUT2D eigenvalue weighted by Gasteiger charge is 2.21. The summed E-state index contributed by atoms with van der Waals surface area (Å²) in [7, 11) is 0.